The number of hydrogen-bond donors (Lipinski definition) is 4. The van der Waals surface area contributed by atoms with E-state index in [9.17, 15) is 19.8 Å². The minimum atomic E-state index is -0.490. The van der Waals surface area contributed by atoms with Crippen LogP contribution < -0.4 is 10.6 Å². The summed E-state index contributed by atoms with van der Waals surface area (Å²) in [5.74, 6) is -1.43. The van der Waals surface area contributed by atoms with Crippen LogP contribution in [0, 0.1) is 0 Å². The summed E-state index contributed by atoms with van der Waals surface area (Å²) in [6.07, 6.45) is 0. The third kappa shape index (κ3) is 4.67. The zero-order valence-corrected chi connectivity index (χ0v) is 15.1. The number of phenolic OH excluding ortho intramolecular Hbond substituents is 2. The first kappa shape index (κ1) is 19.0. The molecule has 0 unspecified atom stereocenters. The topological polar surface area (TPSA) is 98.7 Å². The molecule has 0 aliphatic carbocycles. The molecule has 0 radical (unpaired) electrons. The summed E-state index contributed by atoms with van der Waals surface area (Å²) in [5.41, 5.74) is 2.35. The van der Waals surface area contributed by atoms with Crippen LogP contribution in [-0.2, 0) is 13.1 Å². The number of benzene rings is 3. The Labute approximate surface area is 162 Å². The van der Waals surface area contributed by atoms with Gasteiger partial charge in [-0.3, -0.25) is 9.59 Å². The van der Waals surface area contributed by atoms with E-state index >= 15 is 0 Å². The monoisotopic (exact) mass is 376 g/mol. The Morgan fingerprint density at radius 1 is 0.714 bits per heavy atom. The summed E-state index contributed by atoms with van der Waals surface area (Å²) in [6, 6.07) is 20.7. The van der Waals surface area contributed by atoms with E-state index in [1.165, 1.54) is 18.2 Å². The van der Waals surface area contributed by atoms with Gasteiger partial charge in [0.2, 0.25) is 0 Å². The molecule has 3 rings (SSSR count). The lowest BCUT2D eigenvalue weighted by Crippen LogP contribution is -2.24. The average molecular weight is 376 g/mol. The molecule has 3 aromatic rings. The Hall–Kier alpha value is -3.80. The van der Waals surface area contributed by atoms with Gasteiger partial charge in [0.25, 0.3) is 11.8 Å². The van der Waals surface area contributed by atoms with Crippen LogP contribution in [0.25, 0.3) is 0 Å². The van der Waals surface area contributed by atoms with Crippen molar-refractivity contribution in [1.29, 1.82) is 0 Å². The van der Waals surface area contributed by atoms with Crippen molar-refractivity contribution in [1.82, 2.24) is 10.6 Å². The SMILES string of the molecule is O=C(NCc1cccc(CNC(=O)c2cccc(O)c2O)c1)c1ccccc1. The number of hydrogen-bond acceptors (Lipinski definition) is 4. The van der Waals surface area contributed by atoms with Crippen molar-refractivity contribution in [2.24, 2.45) is 0 Å². The number of phenols is 2. The molecular formula is C22H20N2O4. The van der Waals surface area contributed by atoms with Crippen LogP contribution in [0.15, 0.2) is 72.8 Å². The van der Waals surface area contributed by atoms with Gasteiger partial charge in [-0.1, -0.05) is 48.5 Å². The largest absolute Gasteiger partial charge is 0.504 e. The lowest BCUT2D eigenvalue weighted by molar-refractivity contribution is 0.0941. The highest BCUT2D eigenvalue weighted by Gasteiger charge is 2.13. The number of carbonyl (C=O) groups is 2. The van der Waals surface area contributed by atoms with Gasteiger partial charge >= 0.3 is 0 Å². The van der Waals surface area contributed by atoms with Crippen molar-refractivity contribution in [2.45, 2.75) is 13.1 Å². The first-order valence-electron chi connectivity index (χ1n) is 8.75. The quantitative estimate of drug-likeness (QED) is 0.497. The molecule has 0 bridgehead atoms. The van der Waals surface area contributed by atoms with E-state index < -0.39 is 11.7 Å². The van der Waals surface area contributed by atoms with Crippen LogP contribution in [0.3, 0.4) is 0 Å². The summed E-state index contributed by atoms with van der Waals surface area (Å²) in [5, 5.41) is 24.8. The van der Waals surface area contributed by atoms with E-state index in [1.807, 2.05) is 42.5 Å². The van der Waals surface area contributed by atoms with Gasteiger partial charge in [0.15, 0.2) is 11.5 Å². The first-order valence-corrected chi connectivity index (χ1v) is 8.75. The molecule has 0 aliphatic rings. The number of amides is 2. The van der Waals surface area contributed by atoms with Crippen molar-refractivity contribution in [3.63, 3.8) is 0 Å². The van der Waals surface area contributed by atoms with E-state index in [0.717, 1.165) is 11.1 Å². The maximum absolute atomic E-state index is 12.2. The molecule has 28 heavy (non-hydrogen) atoms. The maximum Gasteiger partial charge on any atom is 0.255 e. The Morgan fingerprint density at radius 2 is 1.32 bits per heavy atom. The number of nitrogens with one attached hydrogen (secondary N) is 2. The standard InChI is InChI=1S/C22H20N2O4/c25-19-11-5-10-18(20(19)26)22(28)24-14-16-7-4-6-15(12-16)13-23-21(27)17-8-2-1-3-9-17/h1-12,25-26H,13-14H2,(H,23,27)(H,24,28). The molecule has 2 amide bonds. The highest BCUT2D eigenvalue weighted by Crippen LogP contribution is 2.27. The lowest BCUT2D eigenvalue weighted by Gasteiger charge is -2.10. The average Bonchev–Trinajstić information content (AvgIpc) is 2.73. The molecule has 4 N–H and O–H groups in total. The summed E-state index contributed by atoms with van der Waals surface area (Å²) >= 11 is 0. The van der Waals surface area contributed by atoms with Crippen molar-refractivity contribution in [2.75, 3.05) is 0 Å². The predicted molar refractivity (Wildman–Crippen MR) is 105 cm³/mol. The fourth-order valence-corrected chi connectivity index (χ4v) is 2.72. The molecule has 6 heteroatoms. The molecule has 0 saturated carbocycles. The van der Waals surface area contributed by atoms with Gasteiger partial charge in [-0.15, -0.1) is 0 Å². The van der Waals surface area contributed by atoms with E-state index in [-0.39, 0.29) is 23.8 Å². The van der Waals surface area contributed by atoms with Crippen molar-refractivity contribution in [3.8, 4) is 11.5 Å². The van der Waals surface area contributed by atoms with Crippen LogP contribution in [0.2, 0.25) is 0 Å². The summed E-state index contributed by atoms with van der Waals surface area (Å²) in [7, 11) is 0. The molecule has 0 saturated heterocycles. The number of carbonyl (C=O) groups excluding carboxylic acids is 2. The van der Waals surface area contributed by atoms with Crippen LogP contribution in [-0.4, -0.2) is 22.0 Å². The molecule has 0 aliphatic heterocycles. The Bertz CT molecular complexity index is 987. The van der Waals surface area contributed by atoms with Gasteiger partial charge in [0.1, 0.15) is 0 Å². The summed E-state index contributed by atoms with van der Waals surface area (Å²) in [6.45, 7) is 0.608. The third-order valence-corrected chi connectivity index (χ3v) is 4.19. The lowest BCUT2D eigenvalue weighted by atomic mass is 10.1. The normalized spacial score (nSPS) is 10.3. The molecule has 0 fully saturated rings. The zero-order valence-electron chi connectivity index (χ0n) is 15.1. The first-order chi connectivity index (χ1) is 13.5. The number of para-hydroxylation sites is 1. The van der Waals surface area contributed by atoms with Gasteiger partial charge in [-0.05, 0) is 35.4 Å². The van der Waals surface area contributed by atoms with Crippen LogP contribution in [0.1, 0.15) is 31.8 Å². The third-order valence-electron chi connectivity index (χ3n) is 4.19. The Morgan fingerprint density at radius 3 is 2.00 bits per heavy atom. The van der Waals surface area contributed by atoms with Crippen molar-refractivity contribution in [3.05, 3.63) is 95.1 Å². The maximum atomic E-state index is 12.2. The summed E-state index contributed by atoms with van der Waals surface area (Å²) in [4.78, 5) is 24.3. The molecule has 0 atom stereocenters. The minimum Gasteiger partial charge on any atom is -0.504 e. The van der Waals surface area contributed by atoms with Crippen molar-refractivity contribution >= 4 is 11.8 Å². The van der Waals surface area contributed by atoms with Gasteiger partial charge in [-0.2, -0.15) is 0 Å². The van der Waals surface area contributed by atoms with Gasteiger partial charge < -0.3 is 20.8 Å². The second-order valence-corrected chi connectivity index (χ2v) is 6.22. The minimum absolute atomic E-state index is 0.00581. The smallest absolute Gasteiger partial charge is 0.255 e. The fourth-order valence-electron chi connectivity index (χ4n) is 2.72. The van der Waals surface area contributed by atoms with Crippen molar-refractivity contribution < 1.29 is 19.8 Å². The van der Waals surface area contributed by atoms with Gasteiger partial charge in [0, 0.05) is 18.7 Å². The van der Waals surface area contributed by atoms with Crippen LogP contribution in [0.5, 0.6) is 11.5 Å². The van der Waals surface area contributed by atoms with Crippen LogP contribution >= 0.6 is 0 Å². The molecule has 6 nitrogen and oxygen atoms in total. The summed E-state index contributed by atoms with van der Waals surface area (Å²) < 4.78 is 0. The van der Waals surface area contributed by atoms with E-state index in [1.54, 1.807) is 12.1 Å². The van der Waals surface area contributed by atoms with E-state index in [4.69, 9.17) is 0 Å². The molecule has 0 spiro atoms. The zero-order chi connectivity index (χ0) is 19.9. The van der Waals surface area contributed by atoms with Gasteiger partial charge in [-0.25, -0.2) is 0 Å². The second kappa shape index (κ2) is 8.73. The van der Waals surface area contributed by atoms with Gasteiger partial charge in [0.05, 0.1) is 5.56 Å². The van der Waals surface area contributed by atoms with E-state index in [2.05, 4.69) is 10.6 Å². The number of aromatic hydroxyl groups is 2. The Kier molecular flexibility index (Phi) is 5.91. The molecule has 3 aromatic carbocycles. The molecule has 0 aromatic heterocycles. The van der Waals surface area contributed by atoms with Crippen LogP contribution in [0.4, 0.5) is 0 Å². The predicted octanol–water partition coefficient (Wildman–Crippen LogP) is 2.96. The van der Waals surface area contributed by atoms with E-state index in [0.29, 0.717) is 12.1 Å². The number of rotatable bonds is 6. The Balaban J connectivity index is 1.58. The molecule has 0 heterocycles. The molecule has 142 valence electrons. The second-order valence-electron chi connectivity index (χ2n) is 6.22. The molecular weight excluding hydrogens is 356 g/mol. The highest BCUT2D eigenvalue weighted by molar-refractivity contribution is 5.97. The highest BCUT2D eigenvalue weighted by atomic mass is 16.3. The fraction of sp³-hybridized carbons (Fsp3) is 0.0909.